The molecule has 5 rings (SSSR count). The molecule has 1 aliphatic carbocycles. The van der Waals surface area contributed by atoms with E-state index >= 15 is 0 Å². The number of unbranched alkanes of at least 4 members (excludes halogenated alkanes) is 1. The fraction of sp³-hybridized carbons (Fsp3) is 0.529. The highest BCUT2D eigenvalue weighted by Crippen LogP contribution is 2.27. The quantitative estimate of drug-likeness (QED) is 0.292. The second-order valence-electron chi connectivity index (χ2n) is 12.3. The van der Waals surface area contributed by atoms with Crippen LogP contribution in [0.2, 0.25) is 0 Å². The smallest absolute Gasteiger partial charge is 0.312 e. The Morgan fingerprint density at radius 1 is 0.744 bits per heavy atom. The Labute approximate surface area is 254 Å². The number of rotatable bonds is 12. The van der Waals surface area contributed by atoms with Gasteiger partial charge >= 0.3 is 23.6 Å². The van der Waals surface area contributed by atoms with E-state index in [0.29, 0.717) is 57.9 Å². The first-order chi connectivity index (χ1) is 20.9. The van der Waals surface area contributed by atoms with Gasteiger partial charge in [0.2, 0.25) is 0 Å². The molecule has 0 radical (unpaired) electrons. The third kappa shape index (κ3) is 7.94. The molecule has 4 amide bonds. The summed E-state index contributed by atoms with van der Waals surface area (Å²) in [6.45, 7) is 2.50. The van der Waals surface area contributed by atoms with E-state index in [9.17, 15) is 24.3 Å². The van der Waals surface area contributed by atoms with E-state index in [4.69, 9.17) is 0 Å². The molecule has 2 atom stereocenters. The summed E-state index contributed by atoms with van der Waals surface area (Å²) in [5.41, 5.74) is 2.14. The van der Waals surface area contributed by atoms with Gasteiger partial charge in [0.05, 0.1) is 6.04 Å². The molecule has 0 spiro atoms. The predicted octanol–water partition coefficient (Wildman–Crippen LogP) is 3.29. The standard InChI is InChI=1S/C34H44N4O5/c39-30-16-14-25(15-17-30)18-20-37-28(22-35-31(40)32(37)41)13-7-8-19-36-24-29(21-26-9-3-1-4-10-26)38(34(43)33(36)42)23-27-11-5-2-6-12-27/h1,3-4,9-10,14-17,27-29,39H,2,5-8,11-13,18-24H2,(H,35,40)/t28-,29+/m1/s1. The van der Waals surface area contributed by atoms with Gasteiger partial charge in [0.25, 0.3) is 0 Å². The lowest BCUT2D eigenvalue weighted by Gasteiger charge is -2.42. The minimum absolute atomic E-state index is 0.0453. The monoisotopic (exact) mass is 588 g/mol. The first-order valence-corrected chi connectivity index (χ1v) is 15.9. The fourth-order valence-corrected chi connectivity index (χ4v) is 6.82. The van der Waals surface area contributed by atoms with Crippen LogP contribution in [0.15, 0.2) is 54.6 Å². The van der Waals surface area contributed by atoms with Crippen LogP contribution in [-0.4, -0.2) is 88.2 Å². The Balaban J connectivity index is 1.17. The highest BCUT2D eigenvalue weighted by Gasteiger charge is 2.40. The molecule has 2 N–H and O–H groups in total. The van der Waals surface area contributed by atoms with Gasteiger partial charge in [0.15, 0.2) is 0 Å². The van der Waals surface area contributed by atoms with Crippen molar-refractivity contribution >= 4 is 23.6 Å². The summed E-state index contributed by atoms with van der Waals surface area (Å²) in [5.74, 6) is -1.23. The molecule has 9 nitrogen and oxygen atoms in total. The van der Waals surface area contributed by atoms with Gasteiger partial charge < -0.3 is 25.1 Å². The number of phenolic OH excluding ortho intramolecular Hbond substituents is 1. The average Bonchev–Trinajstić information content (AvgIpc) is 3.02. The van der Waals surface area contributed by atoms with Crippen LogP contribution in [0.5, 0.6) is 5.75 Å². The lowest BCUT2D eigenvalue weighted by atomic mass is 9.88. The number of aromatic hydroxyl groups is 1. The maximum Gasteiger partial charge on any atom is 0.312 e. The van der Waals surface area contributed by atoms with Gasteiger partial charge in [0.1, 0.15) is 5.75 Å². The van der Waals surface area contributed by atoms with E-state index in [1.165, 1.54) is 24.8 Å². The van der Waals surface area contributed by atoms with Crippen LogP contribution in [0.4, 0.5) is 0 Å². The van der Waals surface area contributed by atoms with Gasteiger partial charge in [-0.05, 0) is 74.1 Å². The molecular weight excluding hydrogens is 544 g/mol. The van der Waals surface area contributed by atoms with Crippen LogP contribution < -0.4 is 5.32 Å². The molecule has 1 saturated carbocycles. The van der Waals surface area contributed by atoms with Crippen molar-refractivity contribution in [3.63, 3.8) is 0 Å². The summed E-state index contributed by atoms with van der Waals surface area (Å²) in [6.07, 6.45) is 9.36. The van der Waals surface area contributed by atoms with Crippen LogP contribution in [0, 0.1) is 5.92 Å². The zero-order chi connectivity index (χ0) is 30.2. The van der Waals surface area contributed by atoms with Crippen molar-refractivity contribution in [3.8, 4) is 5.75 Å². The maximum atomic E-state index is 13.4. The topological polar surface area (TPSA) is 110 Å². The van der Waals surface area contributed by atoms with Gasteiger partial charge in [-0.1, -0.05) is 61.7 Å². The third-order valence-electron chi connectivity index (χ3n) is 9.28. The molecule has 2 heterocycles. The number of carbonyl (C=O) groups is 4. The van der Waals surface area contributed by atoms with Gasteiger partial charge in [-0.2, -0.15) is 0 Å². The lowest BCUT2D eigenvalue weighted by Crippen LogP contribution is -2.61. The van der Waals surface area contributed by atoms with Gasteiger partial charge in [0, 0.05) is 38.8 Å². The molecule has 230 valence electrons. The summed E-state index contributed by atoms with van der Waals surface area (Å²) in [4.78, 5) is 56.8. The maximum absolute atomic E-state index is 13.4. The average molecular weight is 589 g/mol. The first kappa shape index (κ1) is 30.6. The Morgan fingerprint density at radius 2 is 1.49 bits per heavy atom. The van der Waals surface area contributed by atoms with Crippen molar-refractivity contribution in [2.24, 2.45) is 5.92 Å². The number of nitrogens with one attached hydrogen (secondary N) is 1. The summed E-state index contributed by atoms with van der Waals surface area (Å²) in [7, 11) is 0. The molecule has 0 bridgehead atoms. The predicted molar refractivity (Wildman–Crippen MR) is 163 cm³/mol. The molecule has 2 aliphatic heterocycles. The zero-order valence-corrected chi connectivity index (χ0v) is 25.0. The highest BCUT2D eigenvalue weighted by molar-refractivity contribution is 6.36. The Morgan fingerprint density at radius 3 is 2.23 bits per heavy atom. The number of carbonyl (C=O) groups excluding carboxylic acids is 4. The zero-order valence-electron chi connectivity index (χ0n) is 25.0. The van der Waals surface area contributed by atoms with Gasteiger partial charge in [-0.3, -0.25) is 19.2 Å². The van der Waals surface area contributed by atoms with Crippen LogP contribution in [0.1, 0.15) is 62.5 Å². The van der Waals surface area contributed by atoms with Crippen LogP contribution >= 0.6 is 0 Å². The number of phenols is 1. The lowest BCUT2D eigenvalue weighted by molar-refractivity contribution is -0.159. The molecule has 0 unspecified atom stereocenters. The molecule has 2 saturated heterocycles. The van der Waals surface area contributed by atoms with Crippen LogP contribution in [-0.2, 0) is 32.0 Å². The van der Waals surface area contributed by atoms with Crippen molar-refractivity contribution < 1.29 is 24.3 Å². The van der Waals surface area contributed by atoms with Crippen molar-refractivity contribution in [2.75, 3.05) is 32.7 Å². The second kappa shape index (κ2) is 14.5. The number of piperazine rings is 2. The largest absolute Gasteiger partial charge is 0.508 e. The molecule has 3 aliphatic rings. The Kier molecular flexibility index (Phi) is 10.3. The van der Waals surface area contributed by atoms with Crippen molar-refractivity contribution in [3.05, 3.63) is 65.7 Å². The third-order valence-corrected chi connectivity index (χ3v) is 9.28. The van der Waals surface area contributed by atoms with Crippen molar-refractivity contribution in [1.29, 1.82) is 0 Å². The van der Waals surface area contributed by atoms with E-state index in [1.54, 1.807) is 21.9 Å². The number of nitrogens with zero attached hydrogens (tertiary/aromatic N) is 3. The number of benzene rings is 2. The van der Waals surface area contributed by atoms with Crippen molar-refractivity contribution in [2.45, 2.75) is 76.3 Å². The van der Waals surface area contributed by atoms with Gasteiger partial charge in [-0.25, -0.2) is 0 Å². The number of amides is 4. The Hall–Kier alpha value is -3.88. The minimum atomic E-state index is -0.582. The van der Waals surface area contributed by atoms with Crippen molar-refractivity contribution in [1.82, 2.24) is 20.0 Å². The van der Waals surface area contributed by atoms with E-state index in [1.807, 2.05) is 35.2 Å². The summed E-state index contributed by atoms with van der Waals surface area (Å²) < 4.78 is 0. The van der Waals surface area contributed by atoms with Gasteiger partial charge in [-0.15, -0.1) is 0 Å². The highest BCUT2D eigenvalue weighted by atomic mass is 16.3. The van der Waals surface area contributed by atoms with Crippen LogP contribution in [0.25, 0.3) is 0 Å². The van der Waals surface area contributed by atoms with E-state index in [-0.39, 0.29) is 23.7 Å². The van der Waals surface area contributed by atoms with E-state index in [2.05, 4.69) is 17.4 Å². The number of hydrogen-bond acceptors (Lipinski definition) is 5. The molecule has 2 aromatic rings. The first-order valence-electron chi connectivity index (χ1n) is 15.9. The van der Waals surface area contributed by atoms with Crippen LogP contribution in [0.3, 0.4) is 0 Å². The molecule has 2 aromatic carbocycles. The SMILES string of the molecule is O=C1NC[C@@H](CCCCN2C[C@H](Cc3ccccc3)N(CC3CCCCC3)C(=O)C2=O)N(CCc2ccc(O)cc2)C1=O. The van der Waals surface area contributed by atoms with E-state index < -0.39 is 17.7 Å². The molecule has 0 aromatic heterocycles. The Bertz CT molecular complexity index is 1260. The number of hydrogen-bond donors (Lipinski definition) is 2. The second-order valence-corrected chi connectivity index (χ2v) is 12.3. The molecule has 9 heteroatoms. The molecule has 43 heavy (non-hydrogen) atoms. The van der Waals surface area contributed by atoms with E-state index in [0.717, 1.165) is 31.2 Å². The summed E-state index contributed by atoms with van der Waals surface area (Å²) in [5, 5.41) is 12.2. The molecular formula is C34H44N4O5. The fourth-order valence-electron chi connectivity index (χ4n) is 6.82. The summed E-state index contributed by atoms with van der Waals surface area (Å²) >= 11 is 0. The normalized spacial score (nSPS) is 21.8. The summed E-state index contributed by atoms with van der Waals surface area (Å²) in [6, 6.07) is 16.9. The molecule has 3 fully saturated rings. The minimum Gasteiger partial charge on any atom is -0.508 e.